The molecule has 0 aromatic heterocycles. The Morgan fingerprint density at radius 3 is 2.61 bits per heavy atom. The first-order chi connectivity index (χ1) is 8.75. The number of rotatable bonds is 8. The van der Waals surface area contributed by atoms with Crippen LogP contribution in [0.3, 0.4) is 0 Å². The third kappa shape index (κ3) is 5.25. The minimum Gasteiger partial charge on any atom is -0.381 e. The van der Waals surface area contributed by atoms with E-state index in [9.17, 15) is 0 Å². The summed E-state index contributed by atoms with van der Waals surface area (Å²) in [6.07, 6.45) is 7.94. The van der Waals surface area contributed by atoms with Crippen LogP contribution in [0.15, 0.2) is 0 Å². The summed E-state index contributed by atoms with van der Waals surface area (Å²) in [5.41, 5.74) is 0. The highest BCUT2D eigenvalue weighted by molar-refractivity contribution is 4.80. The summed E-state index contributed by atoms with van der Waals surface area (Å²) in [6, 6.07) is 1.58. The minimum absolute atomic E-state index is 0.717. The van der Waals surface area contributed by atoms with Gasteiger partial charge in [0.15, 0.2) is 0 Å². The first kappa shape index (κ1) is 14.3. The third-order valence-corrected chi connectivity index (χ3v) is 4.45. The van der Waals surface area contributed by atoms with E-state index in [0.717, 1.165) is 25.2 Å². The first-order valence-electron chi connectivity index (χ1n) is 7.77. The number of nitrogens with zero attached hydrogens (tertiary/aromatic N) is 1. The van der Waals surface area contributed by atoms with Crippen molar-refractivity contribution < 1.29 is 4.74 Å². The van der Waals surface area contributed by atoms with Gasteiger partial charge in [-0.3, -0.25) is 0 Å². The summed E-state index contributed by atoms with van der Waals surface area (Å²) >= 11 is 0. The molecular formula is C15H30N2O. The van der Waals surface area contributed by atoms with Crippen molar-refractivity contribution in [3.63, 3.8) is 0 Å². The van der Waals surface area contributed by atoms with E-state index in [4.69, 9.17) is 4.74 Å². The van der Waals surface area contributed by atoms with Gasteiger partial charge in [0.05, 0.1) is 0 Å². The zero-order valence-electron chi connectivity index (χ0n) is 12.2. The van der Waals surface area contributed by atoms with Gasteiger partial charge < -0.3 is 15.0 Å². The lowest BCUT2D eigenvalue weighted by molar-refractivity contribution is 0.0507. The van der Waals surface area contributed by atoms with Gasteiger partial charge in [-0.1, -0.05) is 0 Å². The zero-order valence-corrected chi connectivity index (χ0v) is 12.2. The predicted molar refractivity (Wildman–Crippen MR) is 75.9 cm³/mol. The van der Waals surface area contributed by atoms with Gasteiger partial charge in [0.1, 0.15) is 0 Å². The SMILES string of the molecule is CC(CCCNC1CC1)N(C)CC1CCOCC1. The molecule has 0 aromatic rings. The van der Waals surface area contributed by atoms with Crippen LogP contribution in [0.4, 0.5) is 0 Å². The third-order valence-electron chi connectivity index (χ3n) is 4.45. The van der Waals surface area contributed by atoms with Gasteiger partial charge >= 0.3 is 0 Å². The summed E-state index contributed by atoms with van der Waals surface area (Å²) in [4.78, 5) is 2.55. The lowest BCUT2D eigenvalue weighted by atomic mass is 9.99. The average Bonchev–Trinajstić information content (AvgIpc) is 3.19. The summed E-state index contributed by atoms with van der Waals surface area (Å²) in [5.74, 6) is 0.857. The quantitative estimate of drug-likeness (QED) is 0.673. The Kier molecular flexibility index (Phi) is 5.93. The van der Waals surface area contributed by atoms with Crippen LogP contribution in [-0.2, 0) is 4.74 Å². The Hall–Kier alpha value is -0.120. The smallest absolute Gasteiger partial charge is 0.0469 e. The second-order valence-corrected chi connectivity index (χ2v) is 6.21. The maximum absolute atomic E-state index is 5.42. The van der Waals surface area contributed by atoms with Crippen LogP contribution in [0.5, 0.6) is 0 Å². The van der Waals surface area contributed by atoms with E-state index in [1.807, 2.05) is 0 Å². The lowest BCUT2D eigenvalue weighted by Crippen LogP contribution is -2.36. The van der Waals surface area contributed by atoms with Crippen molar-refractivity contribution in [3.8, 4) is 0 Å². The molecule has 0 radical (unpaired) electrons. The lowest BCUT2D eigenvalue weighted by Gasteiger charge is -2.31. The number of hydrogen-bond acceptors (Lipinski definition) is 3. The number of nitrogens with one attached hydrogen (secondary N) is 1. The second kappa shape index (κ2) is 7.46. The molecule has 1 aliphatic heterocycles. The van der Waals surface area contributed by atoms with E-state index in [1.165, 1.54) is 51.6 Å². The molecule has 1 unspecified atom stereocenters. The Balaban J connectivity index is 1.53. The van der Waals surface area contributed by atoms with E-state index < -0.39 is 0 Å². The number of hydrogen-bond donors (Lipinski definition) is 1. The fourth-order valence-corrected chi connectivity index (χ4v) is 2.73. The van der Waals surface area contributed by atoms with Crippen LogP contribution in [0.25, 0.3) is 0 Å². The fourth-order valence-electron chi connectivity index (χ4n) is 2.73. The summed E-state index contributed by atoms with van der Waals surface area (Å²) < 4.78 is 5.42. The normalized spacial score (nSPS) is 23.5. The zero-order chi connectivity index (χ0) is 12.8. The largest absolute Gasteiger partial charge is 0.381 e. The van der Waals surface area contributed by atoms with Crippen LogP contribution in [0.2, 0.25) is 0 Å². The average molecular weight is 254 g/mol. The molecule has 18 heavy (non-hydrogen) atoms. The van der Waals surface area contributed by atoms with Crippen LogP contribution in [-0.4, -0.2) is 50.3 Å². The standard InChI is InChI=1S/C15H30N2O/c1-13(4-3-9-16-15-5-6-15)17(2)12-14-7-10-18-11-8-14/h13-16H,3-12H2,1-2H3. The minimum atomic E-state index is 0.717. The van der Waals surface area contributed by atoms with Crippen LogP contribution in [0, 0.1) is 5.92 Å². The van der Waals surface area contributed by atoms with Gasteiger partial charge in [0, 0.05) is 31.8 Å². The topological polar surface area (TPSA) is 24.5 Å². The van der Waals surface area contributed by atoms with E-state index in [1.54, 1.807) is 0 Å². The van der Waals surface area contributed by atoms with Crippen molar-refractivity contribution >= 4 is 0 Å². The summed E-state index contributed by atoms with van der Waals surface area (Å²) in [7, 11) is 2.29. The Labute approximate surface area is 112 Å². The van der Waals surface area contributed by atoms with E-state index in [-0.39, 0.29) is 0 Å². The first-order valence-corrected chi connectivity index (χ1v) is 7.77. The van der Waals surface area contributed by atoms with Crippen molar-refractivity contribution in [1.29, 1.82) is 0 Å². The molecule has 1 saturated heterocycles. The molecule has 0 spiro atoms. The fraction of sp³-hybridized carbons (Fsp3) is 1.00. The molecule has 1 aliphatic carbocycles. The van der Waals surface area contributed by atoms with Gasteiger partial charge in [0.2, 0.25) is 0 Å². The summed E-state index contributed by atoms with van der Waals surface area (Å²) in [5, 5.41) is 3.60. The molecule has 106 valence electrons. The van der Waals surface area contributed by atoms with Crippen molar-refractivity contribution in [2.45, 2.75) is 57.5 Å². The molecular weight excluding hydrogens is 224 g/mol. The maximum Gasteiger partial charge on any atom is 0.0469 e. The molecule has 3 heteroatoms. The maximum atomic E-state index is 5.42. The van der Waals surface area contributed by atoms with Gasteiger partial charge in [-0.15, -0.1) is 0 Å². The van der Waals surface area contributed by atoms with Crippen LogP contribution < -0.4 is 5.32 Å². The van der Waals surface area contributed by atoms with Crippen LogP contribution >= 0.6 is 0 Å². The Bertz CT molecular complexity index is 225. The van der Waals surface area contributed by atoms with Gasteiger partial charge in [0.25, 0.3) is 0 Å². The molecule has 1 atom stereocenters. The molecule has 1 saturated carbocycles. The van der Waals surface area contributed by atoms with E-state index in [2.05, 4.69) is 24.2 Å². The Morgan fingerprint density at radius 2 is 1.94 bits per heavy atom. The monoisotopic (exact) mass is 254 g/mol. The van der Waals surface area contributed by atoms with Crippen molar-refractivity contribution in [1.82, 2.24) is 10.2 Å². The molecule has 1 N–H and O–H groups in total. The van der Waals surface area contributed by atoms with Crippen molar-refractivity contribution in [2.24, 2.45) is 5.92 Å². The molecule has 2 rings (SSSR count). The molecule has 0 bridgehead atoms. The van der Waals surface area contributed by atoms with Gasteiger partial charge in [-0.25, -0.2) is 0 Å². The van der Waals surface area contributed by atoms with E-state index in [0.29, 0.717) is 6.04 Å². The molecule has 0 amide bonds. The van der Waals surface area contributed by atoms with Crippen molar-refractivity contribution in [2.75, 3.05) is 33.4 Å². The van der Waals surface area contributed by atoms with Crippen LogP contribution in [0.1, 0.15) is 45.4 Å². The van der Waals surface area contributed by atoms with Gasteiger partial charge in [-0.2, -0.15) is 0 Å². The summed E-state index contributed by atoms with van der Waals surface area (Å²) in [6.45, 7) is 6.77. The molecule has 0 aromatic carbocycles. The highest BCUT2D eigenvalue weighted by atomic mass is 16.5. The highest BCUT2D eigenvalue weighted by Crippen LogP contribution is 2.19. The van der Waals surface area contributed by atoms with Crippen molar-refractivity contribution in [3.05, 3.63) is 0 Å². The predicted octanol–water partition coefficient (Wildman–Crippen LogP) is 2.27. The molecule has 3 nitrogen and oxygen atoms in total. The number of ether oxygens (including phenoxy) is 1. The molecule has 2 fully saturated rings. The molecule has 2 aliphatic rings. The highest BCUT2D eigenvalue weighted by Gasteiger charge is 2.20. The van der Waals surface area contributed by atoms with E-state index >= 15 is 0 Å². The Morgan fingerprint density at radius 1 is 1.22 bits per heavy atom. The molecule has 1 heterocycles. The van der Waals surface area contributed by atoms with Gasteiger partial charge in [-0.05, 0) is 65.0 Å². The second-order valence-electron chi connectivity index (χ2n) is 6.21.